The Morgan fingerprint density at radius 1 is 1.47 bits per heavy atom. The van der Waals surface area contributed by atoms with E-state index >= 15 is 0 Å². The number of aliphatic hydroxyl groups is 1. The van der Waals surface area contributed by atoms with Gasteiger partial charge in [-0.05, 0) is 18.6 Å². The van der Waals surface area contributed by atoms with Gasteiger partial charge in [-0.3, -0.25) is 0 Å². The van der Waals surface area contributed by atoms with Crippen LogP contribution in [0.25, 0.3) is 0 Å². The fourth-order valence-corrected chi connectivity index (χ4v) is 2.30. The first-order chi connectivity index (χ1) is 9.24. The van der Waals surface area contributed by atoms with E-state index in [1.54, 1.807) is 6.33 Å². The van der Waals surface area contributed by atoms with Crippen LogP contribution in [0, 0.1) is 0 Å². The van der Waals surface area contributed by atoms with E-state index in [-0.39, 0.29) is 6.10 Å². The molecule has 2 N–H and O–H groups in total. The highest BCUT2D eigenvalue weighted by molar-refractivity contribution is 5.59. The number of hydrogen-bond donors (Lipinski definition) is 2. The first kappa shape index (κ1) is 12.0. The Morgan fingerprint density at radius 3 is 3.05 bits per heavy atom. The van der Waals surface area contributed by atoms with Gasteiger partial charge >= 0.3 is 0 Å². The van der Waals surface area contributed by atoms with Gasteiger partial charge in [-0.1, -0.05) is 0 Å². The molecule has 19 heavy (non-hydrogen) atoms. The van der Waals surface area contributed by atoms with E-state index in [4.69, 9.17) is 0 Å². The molecule has 1 fully saturated rings. The molecule has 3 heterocycles. The van der Waals surface area contributed by atoms with Crippen LogP contribution in [0.4, 0.5) is 17.5 Å². The number of aromatic amines is 1. The normalized spacial score (nSPS) is 18.8. The van der Waals surface area contributed by atoms with E-state index < -0.39 is 0 Å². The van der Waals surface area contributed by atoms with Gasteiger partial charge in [0.2, 0.25) is 0 Å². The van der Waals surface area contributed by atoms with Crippen LogP contribution in [0.1, 0.15) is 6.42 Å². The molecular formula is C13H17N5O. The average Bonchev–Trinajstić information content (AvgIpc) is 3.09. The zero-order valence-corrected chi connectivity index (χ0v) is 10.8. The zero-order chi connectivity index (χ0) is 13.2. The molecule has 3 rings (SSSR count). The summed E-state index contributed by atoms with van der Waals surface area (Å²) < 4.78 is 0. The molecule has 0 aliphatic carbocycles. The summed E-state index contributed by atoms with van der Waals surface area (Å²) in [5.74, 6) is 2.67. The summed E-state index contributed by atoms with van der Waals surface area (Å²) in [5, 5.41) is 9.59. The summed E-state index contributed by atoms with van der Waals surface area (Å²) in [6.07, 6.45) is 3.99. The summed E-state index contributed by atoms with van der Waals surface area (Å²) in [6, 6.07) is 5.88. The van der Waals surface area contributed by atoms with Gasteiger partial charge in [0.05, 0.1) is 6.10 Å². The lowest BCUT2D eigenvalue weighted by Gasteiger charge is -2.20. The molecule has 0 aromatic carbocycles. The topological polar surface area (TPSA) is 68.3 Å². The molecule has 1 atom stereocenters. The predicted molar refractivity (Wildman–Crippen MR) is 73.7 cm³/mol. The van der Waals surface area contributed by atoms with Crippen molar-refractivity contribution in [1.29, 1.82) is 0 Å². The molecule has 1 aliphatic rings. The van der Waals surface area contributed by atoms with Crippen LogP contribution in [0.2, 0.25) is 0 Å². The van der Waals surface area contributed by atoms with Crippen LogP contribution >= 0.6 is 0 Å². The van der Waals surface area contributed by atoms with Gasteiger partial charge in [0.1, 0.15) is 23.8 Å². The quantitative estimate of drug-likeness (QED) is 0.865. The number of rotatable bonds is 3. The number of aromatic nitrogens is 3. The minimum absolute atomic E-state index is 0.250. The Balaban J connectivity index is 1.84. The number of H-pyrrole nitrogens is 1. The van der Waals surface area contributed by atoms with Gasteiger partial charge in [-0.25, -0.2) is 9.97 Å². The third-order valence-corrected chi connectivity index (χ3v) is 3.41. The van der Waals surface area contributed by atoms with E-state index in [1.807, 2.05) is 36.3 Å². The molecule has 0 amide bonds. The van der Waals surface area contributed by atoms with E-state index in [9.17, 15) is 5.11 Å². The number of β-amino-alcohol motifs (C(OH)–C–C–N with tert-alkyl or cyclic N) is 1. The van der Waals surface area contributed by atoms with Gasteiger partial charge < -0.3 is 19.9 Å². The second kappa shape index (κ2) is 4.89. The molecule has 100 valence electrons. The number of anilines is 3. The van der Waals surface area contributed by atoms with Gasteiger partial charge in [0, 0.05) is 32.4 Å². The van der Waals surface area contributed by atoms with E-state index in [0.717, 1.165) is 30.4 Å². The first-order valence-electron chi connectivity index (χ1n) is 6.36. The third-order valence-electron chi connectivity index (χ3n) is 3.41. The molecule has 0 spiro atoms. The van der Waals surface area contributed by atoms with Crippen molar-refractivity contribution in [1.82, 2.24) is 15.0 Å². The average molecular weight is 259 g/mol. The standard InChI is InChI=1S/C13H17N5O/c1-17(11-3-2-5-14-11)12-7-13(16-9-15-12)18-6-4-10(19)8-18/h2-3,5,7,9-10,14,19H,4,6,8H2,1H3. The molecule has 2 aromatic heterocycles. The van der Waals surface area contributed by atoms with E-state index in [2.05, 4.69) is 19.9 Å². The van der Waals surface area contributed by atoms with Crippen molar-refractivity contribution in [2.75, 3.05) is 29.9 Å². The monoisotopic (exact) mass is 259 g/mol. The number of hydrogen-bond acceptors (Lipinski definition) is 5. The van der Waals surface area contributed by atoms with Crippen LogP contribution in [-0.4, -0.2) is 46.3 Å². The Labute approximate surface area is 111 Å². The number of aliphatic hydroxyl groups excluding tert-OH is 1. The summed E-state index contributed by atoms with van der Waals surface area (Å²) in [4.78, 5) is 15.8. The molecule has 0 bridgehead atoms. The number of nitrogens with zero attached hydrogens (tertiary/aromatic N) is 4. The van der Waals surface area contributed by atoms with Gasteiger partial charge in [0.15, 0.2) is 0 Å². The fourth-order valence-electron chi connectivity index (χ4n) is 2.30. The van der Waals surface area contributed by atoms with Crippen molar-refractivity contribution in [3.05, 3.63) is 30.7 Å². The predicted octanol–water partition coefficient (Wildman–Crippen LogP) is 1.14. The van der Waals surface area contributed by atoms with Crippen LogP contribution in [0.15, 0.2) is 30.7 Å². The second-order valence-electron chi connectivity index (χ2n) is 4.74. The largest absolute Gasteiger partial charge is 0.391 e. The highest BCUT2D eigenvalue weighted by Gasteiger charge is 2.22. The second-order valence-corrected chi connectivity index (χ2v) is 4.74. The van der Waals surface area contributed by atoms with E-state index in [1.165, 1.54) is 0 Å². The first-order valence-corrected chi connectivity index (χ1v) is 6.36. The maximum absolute atomic E-state index is 9.59. The van der Waals surface area contributed by atoms with Crippen LogP contribution in [0.3, 0.4) is 0 Å². The van der Waals surface area contributed by atoms with Crippen molar-refractivity contribution in [2.45, 2.75) is 12.5 Å². The van der Waals surface area contributed by atoms with E-state index in [0.29, 0.717) is 6.54 Å². The van der Waals surface area contributed by atoms with Gasteiger partial charge in [-0.2, -0.15) is 0 Å². The molecule has 1 aliphatic heterocycles. The van der Waals surface area contributed by atoms with Crippen molar-refractivity contribution in [3.63, 3.8) is 0 Å². The maximum atomic E-state index is 9.59. The summed E-state index contributed by atoms with van der Waals surface area (Å²) in [5.41, 5.74) is 0. The van der Waals surface area contributed by atoms with Gasteiger partial charge in [-0.15, -0.1) is 0 Å². The third kappa shape index (κ3) is 2.39. The Morgan fingerprint density at radius 2 is 2.37 bits per heavy atom. The van der Waals surface area contributed by atoms with Crippen LogP contribution < -0.4 is 9.80 Å². The Kier molecular flexibility index (Phi) is 3.08. The number of nitrogens with one attached hydrogen (secondary N) is 1. The summed E-state index contributed by atoms with van der Waals surface area (Å²) in [7, 11) is 1.96. The molecule has 6 heteroatoms. The van der Waals surface area contributed by atoms with Crippen molar-refractivity contribution in [2.24, 2.45) is 0 Å². The molecule has 1 saturated heterocycles. The van der Waals surface area contributed by atoms with Crippen LogP contribution in [-0.2, 0) is 0 Å². The lowest BCUT2D eigenvalue weighted by Crippen LogP contribution is -2.23. The molecular weight excluding hydrogens is 242 g/mol. The molecule has 1 unspecified atom stereocenters. The molecule has 0 radical (unpaired) electrons. The minimum atomic E-state index is -0.250. The SMILES string of the molecule is CN(c1cc(N2CCC(O)C2)ncn1)c1ccc[nH]1. The highest BCUT2D eigenvalue weighted by Crippen LogP contribution is 2.24. The minimum Gasteiger partial charge on any atom is -0.391 e. The van der Waals surface area contributed by atoms with Crippen LogP contribution in [0.5, 0.6) is 0 Å². The highest BCUT2D eigenvalue weighted by atomic mass is 16.3. The zero-order valence-electron chi connectivity index (χ0n) is 10.8. The summed E-state index contributed by atoms with van der Waals surface area (Å²) in [6.45, 7) is 1.48. The smallest absolute Gasteiger partial charge is 0.139 e. The Bertz CT molecular complexity index is 542. The lowest BCUT2D eigenvalue weighted by molar-refractivity contribution is 0.198. The Hall–Kier alpha value is -2.08. The fraction of sp³-hybridized carbons (Fsp3) is 0.385. The lowest BCUT2D eigenvalue weighted by atomic mass is 10.3. The summed E-state index contributed by atoms with van der Waals surface area (Å²) >= 11 is 0. The molecule has 0 saturated carbocycles. The molecule has 2 aromatic rings. The van der Waals surface area contributed by atoms with Crippen molar-refractivity contribution in [3.8, 4) is 0 Å². The van der Waals surface area contributed by atoms with Gasteiger partial charge in [0.25, 0.3) is 0 Å². The van der Waals surface area contributed by atoms with Crippen molar-refractivity contribution < 1.29 is 5.11 Å². The van der Waals surface area contributed by atoms with Crippen molar-refractivity contribution >= 4 is 17.5 Å². The maximum Gasteiger partial charge on any atom is 0.139 e. The molecule has 6 nitrogen and oxygen atoms in total.